The molecule has 0 aliphatic carbocycles. The van der Waals surface area contributed by atoms with Crippen molar-refractivity contribution < 1.29 is 4.74 Å². The van der Waals surface area contributed by atoms with Crippen LogP contribution in [0.4, 0.5) is 0 Å². The quantitative estimate of drug-likeness (QED) is 0.431. The molecular weight excluding hydrogens is 292 g/mol. The van der Waals surface area contributed by atoms with Crippen LogP contribution in [0.5, 0.6) is 5.75 Å². The van der Waals surface area contributed by atoms with E-state index in [9.17, 15) is 0 Å². The van der Waals surface area contributed by atoms with E-state index in [1.165, 1.54) is 38.2 Å². The van der Waals surface area contributed by atoms with Gasteiger partial charge in [-0.1, -0.05) is 66.7 Å². The molecule has 0 radical (unpaired) electrons. The molecule has 0 amide bonds. The summed E-state index contributed by atoms with van der Waals surface area (Å²) in [4.78, 5) is 0. The highest BCUT2D eigenvalue weighted by Gasteiger charge is 2.18. The third-order valence-corrected chi connectivity index (χ3v) is 4.75. The fourth-order valence-electron chi connectivity index (χ4n) is 3.59. The summed E-state index contributed by atoms with van der Waals surface area (Å²) in [5.41, 5.74) is 3.71. The van der Waals surface area contributed by atoms with Gasteiger partial charge in [0.05, 0.1) is 0 Å². The van der Waals surface area contributed by atoms with Gasteiger partial charge in [0, 0.05) is 5.56 Å². The van der Waals surface area contributed by atoms with Crippen LogP contribution in [0.25, 0.3) is 27.1 Å². The molecule has 0 N–H and O–H groups in total. The summed E-state index contributed by atoms with van der Waals surface area (Å²) in [6.45, 7) is 0.619. The maximum absolute atomic E-state index is 5.89. The van der Waals surface area contributed by atoms with E-state index in [4.69, 9.17) is 4.74 Å². The summed E-state index contributed by atoms with van der Waals surface area (Å²) >= 11 is 0. The van der Waals surface area contributed by atoms with Crippen LogP contribution in [0.2, 0.25) is 0 Å². The number of hydrogen-bond acceptors (Lipinski definition) is 1. The Morgan fingerprint density at radius 3 is 2.33 bits per heavy atom. The highest BCUT2D eigenvalue weighted by Crippen LogP contribution is 2.39. The molecule has 114 valence electrons. The van der Waals surface area contributed by atoms with E-state index < -0.39 is 0 Å². The summed E-state index contributed by atoms with van der Waals surface area (Å²) in [6.07, 6.45) is 2.19. The summed E-state index contributed by atoms with van der Waals surface area (Å²) in [5, 5.41) is 5.03. The van der Waals surface area contributed by atoms with E-state index in [1.807, 2.05) is 0 Å². The standard InChI is InChI=1S/C23H16O/c1-2-7-18-15-19(10-9-16(18)5-1)21-13-14-24-22-12-11-17-6-3-4-8-20(17)23(21)22/h1-13,15H,14H2. The minimum Gasteiger partial charge on any atom is -0.489 e. The molecule has 5 rings (SSSR count). The van der Waals surface area contributed by atoms with Crippen molar-refractivity contribution in [1.29, 1.82) is 0 Å². The van der Waals surface area contributed by atoms with Gasteiger partial charge >= 0.3 is 0 Å². The van der Waals surface area contributed by atoms with E-state index in [0.29, 0.717) is 6.61 Å². The molecule has 1 heteroatoms. The average molecular weight is 308 g/mol. The van der Waals surface area contributed by atoms with Crippen molar-refractivity contribution in [3.05, 3.63) is 96.1 Å². The van der Waals surface area contributed by atoms with Crippen molar-refractivity contribution in [2.24, 2.45) is 0 Å². The van der Waals surface area contributed by atoms with Gasteiger partial charge < -0.3 is 4.74 Å². The summed E-state index contributed by atoms with van der Waals surface area (Å²) in [6, 6.07) is 27.9. The summed E-state index contributed by atoms with van der Waals surface area (Å²) in [7, 11) is 0. The first-order chi connectivity index (χ1) is 11.9. The van der Waals surface area contributed by atoms with Crippen molar-refractivity contribution in [2.75, 3.05) is 6.61 Å². The topological polar surface area (TPSA) is 9.23 Å². The summed E-state index contributed by atoms with van der Waals surface area (Å²) < 4.78 is 5.89. The molecule has 24 heavy (non-hydrogen) atoms. The first kappa shape index (κ1) is 13.4. The number of fused-ring (bicyclic) bond motifs is 4. The normalized spacial score (nSPS) is 13.4. The molecule has 0 unspecified atom stereocenters. The first-order valence-corrected chi connectivity index (χ1v) is 8.24. The van der Waals surface area contributed by atoms with Gasteiger partial charge in [0.2, 0.25) is 0 Å². The maximum atomic E-state index is 5.89. The minimum atomic E-state index is 0.619. The Bertz CT molecular complexity index is 1110. The molecule has 0 spiro atoms. The largest absolute Gasteiger partial charge is 0.489 e. The van der Waals surface area contributed by atoms with Crippen LogP contribution in [0.3, 0.4) is 0 Å². The number of rotatable bonds is 1. The zero-order valence-electron chi connectivity index (χ0n) is 13.2. The molecule has 1 aliphatic heterocycles. The van der Waals surface area contributed by atoms with Crippen molar-refractivity contribution in [1.82, 2.24) is 0 Å². The van der Waals surface area contributed by atoms with Crippen molar-refractivity contribution in [2.45, 2.75) is 0 Å². The van der Waals surface area contributed by atoms with Gasteiger partial charge in [-0.05, 0) is 50.9 Å². The Morgan fingerprint density at radius 2 is 1.42 bits per heavy atom. The van der Waals surface area contributed by atoms with E-state index in [2.05, 4.69) is 84.9 Å². The van der Waals surface area contributed by atoms with Crippen LogP contribution >= 0.6 is 0 Å². The number of benzene rings is 4. The Kier molecular flexibility index (Phi) is 2.92. The molecule has 4 aromatic carbocycles. The Labute approximate surface area is 140 Å². The van der Waals surface area contributed by atoms with Crippen LogP contribution in [-0.2, 0) is 0 Å². The van der Waals surface area contributed by atoms with Crippen LogP contribution in [0.15, 0.2) is 84.9 Å². The smallest absolute Gasteiger partial charge is 0.128 e. The second-order valence-electron chi connectivity index (χ2n) is 6.15. The van der Waals surface area contributed by atoms with Crippen LogP contribution < -0.4 is 4.74 Å². The monoisotopic (exact) mass is 308 g/mol. The van der Waals surface area contributed by atoms with Gasteiger partial charge in [0.15, 0.2) is 0 Å². The Hall–Kier alpha value is -3.06. The van der Waals surface area contributed by atoms with Crippen molar-refractivity contribution in [3.8, 4) is 5.75 Å². The molecule has 0 atom stereocenters. The lowest BCUT2D eigenvalue weighted by atomic mass is 9.90. The zero-order valence-corrected chi connectivity index (χ0v) is 13.2. The van der Waals surface area contributed by atoms with Gasteiger partial charge in [0.1, 0.15) is 12.4 Å². The SMILES string of the molecule is C1=C(c2ccc3ccccc3c2)c2c(ccc3ccccc23)OC1. The first-order valence-electron chi connectivity index (χ1n) is 8.24. The number of hydrogen-bond donors (Lipinski definition) is 0. The molecule has 4 aromatic rings. The highest BCUT2D eigenvalue weighted by atomic mass is 16.5. The van der Waals surface area contributed by atoms with E-state index in [0.717, 1.165) is 5.75 Å². The van der Waals surface area contributed by atoms with Gasteiger partial charge in [-0.25, -0.2) is 0 Å². The van der Waals surface area contributed by atoms with Crippen LogP contribution in [0, 0.1) is 0 Å². The van der Waals surface area contributed by atoms with E-state index in [1.54, 1.807) is 0 Å². The van der Waals surface area contributed by atoms with E-state index >= 15 is 0 Å². The fourth-order valence-corrected chi connectivity index (χ4v) is 3.59. The predicted octanol–water partition coefficient (Wildman–Crippen LogP) is 5.82. The summed E-state index contributed by atoms with van der Waals surface area (Å²) in [5.74, 6) is 0.972. The molecular formula is C23H16O. The number of ether oxygens (including phenoxy) is 1. The predicted molar refractivity (Wildman–Crippen MR) is 100 cm³/mol. The lowest BCUT2D eigenvalue weighted by Crippen LogP contribution is -2.06. The van der Waals surface area contributed by atoms with Gasteiger partial charge in [-0.3, -0.25) is 0 Å². The average Bonchev–Trinajstić information content (AvgIpc) is 2.67. The minimum absolute atomic E-state index is 0.619. The van der Waals surface area contributed by atoms with Gasteiger partial charge in [-0.2, -0.15) is 0 Å². The molecule has 0 bridgehead atoms. The van der Waals surface area contributed by atoms with Crippen LogP contribution in [0.1, 0.15) is 11.1 Å². The molecule has 0 saturated heterocycles. The zero-order chi connectivity index (χ0) is 15.9. The molecule has 1 nitrogen and oxygen atoms in total. The second kappa shape index (κ2) is 5.24. The molecule has 0 aromatic heterocycles. The maximum Gasteiger partial charge on any atom is 0.128 e. The van der Waals surface area contributed by atoms with Crippen molar-refractivity contribution in [3.63, 3.8) is 0 Å². The van der Waals surface area contributed by atoms with Crippen molar-refractivity contribution >= 4 is 27.1 Å². The fraction of sp³-hybridized carbons (Fsp3) is 0.0435. The Balaban J connectivity index is 1.77. The third-order valence-electron chi connectivity index (χ3n) is 4.75. The second-order valence-corrected chi connectivity index (χ2v) is 6.15. The molecule has 0 saturated carbocycles. The lowest BCUT2D eigenvalue weighted by molar-refractivity contribution is 0.358. The van der Waals surface area contributed by atoms with Gasteiger partial charge in [-0.15, -0.1) is 0 Å². The Morgan fingerprint density at radius 1 is 0.667 bits per heavy atom. The highest BCUT2D eigenvalue weighted by molar-refractivity contribution is 6.02. The lowest BCUT2D eigenvalue weighted by Gasteiger charge is -2.21. The molecule has 0 fully saturated rings. The van der Waals surface area contributed by atoms with Crippen LogP contribution in [-0.4, -0.2) is 6.61 Å². The third kappa shape index (κ3) is 2.02. The molecule has 1 aliphatic rings. The van der Waals surface area contributed by atoms with Gasteiger partial charge in [0.25, 0.3) is 0 Å². The molecule has 1 heterocycles. The van der Waals surface area contributed by atoms with E-state index in [-0.39, 0.29) is 0 Å².